The standard InChI is InChI=1S/C15H23N7O.HI/c1-4-16-15(17-8-14-19-11(2)20-23-14)22-6-5-12(10-22)13-7-18-21(3)9-13;/h7,9,12H,4-6,8,10H2,1-3H3,(H,16,17);1H. The van der Waals surface area contributed by atoms with Crippen LogP contribution < -0.4 is 5.32 Å². The first kappa shape index (κ1) is 18.7. The van der Waals surface area contributed by atoms with Crippen LogP contribution in [-0.4, -0.2) is 50.4 Å². The van der Waals surface area contributed by atoms with Crippen LogP contribution in [0.5, 0.6) is 0 Å². The maximum atomic E-state index is 5.12. The SMILES string of the molecule is CCNC(=NCc1nc(C)no1)N1CCC(c2cnn(C)c2)C1.I. The molecule has 24 heavy (non-hydrogen) atoms. The summed E-state index contributed by atoms with van der Waals surface area (Å²) in [6.07, 6.45) is 5.16. The van der Waals surface area contributed by atoms with Crippen LogP contribution in [-0.2, 0) is 13.6 Å². The summed E-state index contributed by atoms with van der Waals surface area (Å²) in [5, 5.41) is 11.4. The molecule has 1 aliphatic heterocycles. The van der Waals surface area contributed by atoms with E-state index in [4.69, 9.17) is 4.52 Å². The van der Waals surface area contributed by atoms with E-state index in [0.29, 0.717) is 24.2 Å². The Bertz CT molecular complexity index is 681. The Balaban J connectivity index is 0.00000208. The number of rotatable bonds is 4. The van der Waals surface area contributed by atoms with E-state index < -0.39 is 0 Å². The summed E-state index contributed by atoms with van der Waals surface area (Å²) in [4.78, 5) is 11.1. The van der Waals surface area contributed by atoms with Crippen molar-refractivity contribution in [3.63, 3.8) is 0 Å². The molecular weight excluding hydrogens is 421 g/mol. The number of hydrogen-bond acceptors (Lipinski definition) is 5. The average Bonchev–Trinajstić information content (AvgIpc) is 3.24. The third-order valence-electron chi connectivity index (χ3n) is 3.95. The van der Waals surface area contributed by atoms with Crippen molar-refractivity contribution in [2.24, 2.45) is 12.0 Å². The van der Waals surface area contributed by atoms with Gasteiger partial charge in [0.05, 0.1) is 6.20 Å². The number of aromatic nitrogens is 4. The van der Waals surface area contributed by atoms with E-state index in [0.717, 1.165) is 32.0 Å². The number of likely N-dealkylation sites (tertiary alicyclic amines) is 1. The second-order valence-corrected chi connectivity index (χ2v) is 5.78. The fourth-order valence-electron chi connectivity index (χ4n) is 2.85. The second kappa shape index (κ2) is 8.45. The Kier molecular flexibility index (Phi) is 6.58. The molecule has 1 N–H and O–H groups in total. The predicted octanol–water partition coefficient (Wildman–Crippen LogP) is 1.68. The minimum absolute atomic E-state index is 0. The molecule has 0 aromatic carbocycles. The number of nitrogens with one attached hydrogen (secondary N) is 1. The fraction of sp³-hybridized carbons (Fsp3) is 0.600. The monoisotopic (exact) mass is 445 g/mol. The van der Waals surface area contributed by atoms with Crippen molar-refractivity contribution in [2.45, 2.75) is 32.7 Å². The summed E-state index contributed by atoms with van der Waals surface area (Å²) in [6.45, 7) is 7.03. The lowest BCUT2D eigenvalue weighted by Gasteiger charge is -2.21. The molecule has 2 aromatic rings. The molecule has 0 amide bonds. The zero-order valence-electron chi connectivity index (χ0n) is 14.3. The lowest BCUT2D eigenvalue weighted by Crippen LogP contribution is -2.40. The van der Waals surface area contributed by atoms with Crippen molar-refractivity contribution in [3.05, 3.63) is 29.7 Å². The van der Waals surface area contributed by atoms with E-state index >= 15 is 0 Å². The van der Waals surface area contributed by atoms with Crippen molar-refractivity contribution in [2.75, 3.05) is 19.6 Å². The van der Waals surface area contributed by atoms with Gasteiger partial charge in [-0.2, -0.15) is 10.1 Å². The third-order valence-corrected chi connectivity index (χ3v) is 3.95. The quantitative estimate of drug-likeness (QED) is 0.438. The first-order valence-corrected chi connectivity index (χ1v) is 7.96. The van der Waals surface area contributed by atoms with Crippen LogP contribution in [0.15, 0.2) is 21.9 Å². The van der Waals surface area contributed by atoms with E-state index in [2.05, 4.69) is 43.6 Å². The zero-order chi connectivity index (χ0) is 16.2. The van der Waals surface area contributed by atoms with Gasteiger partial charge in [-0.05, 0) is 25.8 Å². The molecule has 0 bridgehead atoms. The van der Waals surface area contributed by atoms with Crippen LogP contribution in [0.3, 0.4) is 0 Å². The molecule has 1 saturated heterocycles. The minimum Gasteiger partial charge on any atom is -0.357 e. The molecule has 1 fully saturated rings. The first-order valence-electron chi connectivity index (χ1n) is 7.96. The molecule has 0 radical (unpaired) electrons. The normalized spacial score (nSPS) is 17.9. The van der Waals surface area contributed by atoms with Gasteiger partial charge in [-0.25, -0.2) is 4.99 Å². The molecule has 0 saturated carbocycles. The summed E-state index contributed by atoms with van der Waals surface area (Å²) >= 11 is 0. The molecule has 132 valence electrons. The van der Waals surface area contributed by atoms with E-state index in [1.54, 1.807) is 6.92 Å². The topological polar surface area (TPSA) is 84.4 Å². The number of aryl methyl sites for hydroxylation is 2. The first-order chi connectivity index (χ1) is 11.2. The highest BCUT2D eigenvalue weighted by molar-refractivity contribution is 14.0. The Morgan fingerprint density at radius 1 is 1.50 bits per heavy atom. The van der Waals surface area contributed by atoms with Crippen LogP contribution in [0.4, 0.5) is 0 Å². The molecule has 1 aliphatic rings. The lowest BCUT2D eigenvalue weighted by atomic mass is 10.0. The van der Waals surface area contributed by atoms with Gasteiger partial charge >= 0.3 is 0 Å². The molecule has 0 spiro atoms. The van der Waals surface area contributed by atoms with Gasteiger partial charge in [0.2, 0.25) is 5.89 Å². The molecule has 1 unspecified atom stereocenters. The third kappa shape index (κ3) is 4.46. The van der Waals surface area contributed by atoms with Gasteiger partial charge in [0.15, 0.2) is 11.8 Å². The van der Waals surface area contributed by atoms with Gasteiger partial charge in [0.25, 0.3) is 0 Å². The molecule has 3 rings (SSSR count). The zero-order valence-corrected chi connectivity index (χ0v) is 16.6. The Morgan fingerprint density at radius 2 is 2.33 bits per heavy atom. The maximum absolute atomic E-state index is 5.12. The van der Waals surface area contributed by atoms with Crippen LogP contribution >= 0.6 is 24.0 Å². The molecular formula is C15H24IN7O. The fourth-order valence-corrected chi connectivity index (χ4v) is 2.85. The van der Waals surface area contributed by atoms with Gasteiger partial charge in [-0.3, -0.25) is 4.68 Å². The Hall–Kier alpha value is -1.65. The molecule has 8 nitrogen and oxygen atoms in total. The number of hydrogen-bond donors (Lipinski definition) is 1. The van der Waals surface area contributed by atoms with Gasteiger partial charge in [0, 0.05) is 38.8 Å². The number of halogens is 1. The molecule has 1 atom stereocenters. The Morgan fingerprint density at radius 3 is 2.96 bits per heavy atom. The maximum Gasteiger partial charge on any atom is 0.248 e. The molecule has 3 heterocycles. The Labute approximate surface area is 158 Å². The van der Waals surface area contributed by atoms with Crippen LogP contribution in [0.25, 0.3) is 0 Å². The summed E-state index contributed by atoms with van der Waals surface area (Å²) in [6, 6.07) is 0. The van der Waals surface area contributed by atoms with Crippen molar-refractivity contribution < 1.29 is 4.52 Å². The van der Waals surface area contributed by atoms with Gasteiger partial charge in [-0.15, -0.1) is 24.0 Å². The highest BCUT2D eigenvalue weighted by Gasteiger charge is 2.26. The van der Waals surface area contributed by atoms with E-state index in [1.807, 2.05) is 17.9 Å². The number of guanidine groups is 1. The summed E-state index contributed by atoms with van der Waals surface area (Å²) < 4.78 is 6.98. The van der Waals surface area contributed by atoms with Crippen molar-refractivity contribution in [1.29, 1.82) is 0 Å². The van der Waals surface area contributed by atoms with Crippen molar-refractivity contribution >= 4 is 29.9 Å². The summed E-state index contributed by atoms with van der Waals surface area (Å²) in [5.74, 6) is 2.58. The van der Waals surface area contributed by atoms with Crippen LogP contribution in [0, 0.1) is 6.92 Å². The highest BCUT2D eigenvalue weighted by Crippen LogP contribution is 2.26. The van der Waals surface area contributed by atoms with Crippen LogP contribution in [0.2, 0.25) is 0 Å². The van der Waals surface area contributed by atoms with Gasteiger partial charge in [0.1, 0.15) is 6.54 Å². The van der Waals surface area contributed by atoms with Crippen LogP contribution in [0.1, 0.15) is 36.5 Å². The van der Waals surface area contributed by atoms with Crippen molar-refractivity contribution in [1.82, 2.24) is 30.1 Å². The smallest absolute Gasteiger partial charge is 0.248 e. The summed E-state index contributed by atoms with van der Waals surface area (Å²) in [5.41, 5.74) is 1.29. The van der Waals surface area contributed by atoms with E-state index in [9.17, 15) is 0 Å². The number of nitrogens with zero attached hydrogens (tertiary/aromatic N) is 6. The molecule has 2 aromatic heterocycles. The van der Waals surface area contributed by atoms with E-state index in [1.165, 1.54) is 5.56 Å². The second-order valence-electron chi connectivity index (χ2n) is 5.78. The molecule has 0 aliphatic carbocycles. The molecule has 9 heteroatoms. The highest BCUT2D eigenvalue weighted by atomic mass is 127. The average molecular weight is 445 g/mol. The largest absolute Gasteiger partial charge is 0.357 e. The summed E-state index contributed by atoms with van der Waals surface area (Å²) in [7, 11) is 1.95. The van der Waals surface area contributed by atoms with E-state index in [-0.39, 0.29) is 24.0 Å². The minimum atomic E-state index is 0. The van der Waals surface area contributed by atoms with Gasteiger partial charge in [-0.1, -0.05) is 5.16 Å². The van der Waals surface area contributed by atoms with Gasteiger partial charge < -0.3 is 14.7 Å². The number of aliphatic imine (C=N–C) groups is 1. The van der Waals surface area contributed by atoms with Crippen molar-refractivity contribution in [3.8, 4) is 0 Å². The lowest BCUT2D eigenvalue weighted by molar-refractivity contribution is 0.375. The predicted molar refractivity (Wildman–Crippen MR) is 101 cm³/mol.